The summed E-state index contributed by atoms with van der Waals surface area (Å²) in [6.07, 6.45) is 0.342. The zero-order valence-electron chi connectivity index (χ0n) is 7.88. The highest BCUT2D eigenvalue weighted by molar-refractivity contribution is 7.16. The topological polar surface area (TPSA) is 76.2 Å². The number of nitrogens with zero attached hydrogens (tertiary/aromatic N) is 1. The van der Waals surface area contributed by atoms with E-state index in [1.54, 1.807) is 5.51 Å². The first kappa shape index (κ1) is 10.1. The zero-order valence-corrected chi connectivity index (χ0v) is 8.70. The Morgan fingerprint density at radius 2 is 2.40 bits per heavy atom. The highest BCUT2D eigenvalue weighted by Gasteiger charge is 2.14. The third kappa shape index (κ3) is 1.98. The van der Waals surface area contributed by atoms with Crippen LogP contribution in [-0.2, 0) is 11.2 Å². The molecule has 0 radical (unpaired) electrons. The monoisotopic (exact) mass is 222 g/mol. The van der Waals surface area contributed by atoms with Crippen LogP contribution >= 0.6 is 11.3 Å². The van der Waals surface area contributed by atoms with Crippen LogP contribution in [-0.4, -0.2) is 22.1 Å². The number of nitrogens with two attached hydrogens (primary N) is 1. The van der Waals surface area contributed by atoms with Crippen molar-refractivity contribution in [3.63, 3.8) is 0 Å². The van der Waals surface area contributed by atoms with E-state index < -0.39 is 12.0 Å². The molecule has 4 nitrogen and oxygen atoms in total. The normalized spacial score (nSPS) is 12.9. The Labute approximate surface area is 90.4 Å². The van der Waals surface area contributed by atoms with Crippen LogP contribution in [0.5, 0.6) is 0 Å². The number of rotatable bonds is 3. The lowest BCUT2D eigenvalue weighted by atomic mass is 10.1. The molecule has 0 bridgehead atoms. The highest BCUT2D eigenvalue weighted by atomic mass is 32.1. The molecule has 0 fully saturated rings. The van der Waals surface area contributed by atoms with Crippen molar-refractivity contribution in [1.29, 1.82) is 0 Å². The van der Waals surface area contributed by atoms with E-state index in [0.29, 0.717) is 6.42 Å². The molecule has 1 heterocycles. The quantitative estimate of drug-likeness (QED) is 0.819. The van der Waals surface area contributed by atoms with Gasteiger partial charge in [-0.1, -0.05) is 12.1 Å². The maximum absolute atomic E-state index is 10.6. The molecule has 0 spiro atoms. The van der Waals surface area contributed by atoms with Gasteiger partial charge >= 0.3 is 5.97 Å². The van der Waals surface area contributed by atoms with Crippen molar-refractivity contribution >= 4 is 27.5 Å². The molecule has 0 saturated carbocycles. The second kappa shape index (κ2) is 3.96. The minimum absolute atomic E-state index is 0.342. The van der Waals surface area contributed by atoms with Crippen molar-refractivity contribution in [2.24, 2.45) is 5.73 Å². The van der Waals surface area contributed by atoms with E-state index in [1.165, 1.54) is 11.3 Å². The Bertz CT molecular complexity index is 495. The number of benzene rings is 1. The summed E-state index contributed by atoms with van der Waals surface area (Å²) in [6.45, 7) is 0. The molecule has 0 amide bonds. The predicted molar refractivity (Wildman–Crippen MR) is 58.9 cm³/mol. The SMILES string of the molecule is NC(Cc1cccc2ncsc12)C(=O)O. The van der Waals surface area contributed by atoms with E-state index >= 15 is 0 Å². The minimum atomic E-state index is -0.975. The number of carbonyl (C=O) groups is 1. The maximum Gasteiger partial charge on any atom is 0.320 e. The Kier molecular flexibility index (Phi) is 2.66. The third-order valence-corrected chi connectivity index (χ3v) is 3.11. The van der Waals surface area contributed by atoms with E-state index in [9.17, 15) is 4.79 Å². The number of hydrogen-bond acceptors (Lipinski definition) is 4. The largest absolute Gasteiger partial charge is 0.480 e. The first-order valence-electron chi connectivity index (χ1n) is 4.48. The number of thiazole rings is 1. The van der Waals surface area contributed by atoms with Crippen molar-refractivity contribution < 1.29 is 9.90 Å². The predicted octanol–water partition coefficient (Wildman–Crippen LogP) is 1.25. The summed E-state index contributed by atoms with van der Waals surface area (Å²) in [4.78, 5) is 14.8. The molecule has 1 unspecified atom stereocenters. The Morgan fingerprint density at radius 3 is 3.13 bits per heavy atom. The van der Waals surface area contributed by atoms with Crippen LogP contribution in [0, 0.1) is 0 Å². The molecule has 0 aliphatic heterocycles. The molecule has 0 aliphatic rings. The summed E-state index contributed by atoms with van der Waals surface area (Å²) in [6, 6.07) is 4.81. The molecular formula is C10H10N2O2S. The first-order valence-corrected chi connectivity index (χ1v) is 5.36. The molecule has 2 aromatic rings. The number of hydrogen-bond donors (Lipinski definition) is 2. The lowest BCUT2D eigenvalue weighted by Gasteiger charge is -2.06. The van der Waals surface area contributed by atoms with Gasteiger partial charge in [-0.3, -0.25) is 4.79 Å². The van der Waals surface area contributed by atoms with Gasteiger partial charge < -0.3 is 10.8 Å². The molecule has 5 heteroatoms. The molecule has 2 rings (SSSR count). The Morgan fingerprint density at radius 1 is 1.60 bits per heavy atom. The van der Waals surface area contributed by atoms with E-state index in [2.05, 4.69) is 4.98 Å². The number of fused-ring (bicyclic) bond motifs is 1. The standard InChI is InChI=1S/C10H10N2O2S/c11-7(10(13)14)4-6-2-1-3-8-9(6)15-5-12-8/h1-3,5,7H,4,11H2,(H,13,14). The summed E-state index contributed by atoms with van der Waals surface area (Å²) < 4.78 is 1.02. The summed E-state index contributed by atoms with van der Waals surface area (Å²) in [5.41, 5.74) is 9.09. The summed E-state index contributed by atoms with van der Waals surface area (Å²) in [5.74, 6) is -0.975. The van der Waals surface area contributed by atoms with Gasteiger partial charge in [0.15, 0.2) is 0 Å². The molecule has 0 saturated heterocycles. The van der Waals surface area contributed by atoms with Gasteiger partial charge in [0.05, 0.1) is 15.7 Å². The van der Waals surface area contributed by atoms with Crippen molar-refractivity contribution in [3.8, 4) is 0 Å². The van der Waals surface area contributed by atoms with Crippen LogP contribution in [0.15, 0.2) is 23.7 Å². The third-order valence-electron chi connectivity index (χ3n) is 2.20. The molecule has 78 valence electrons. The van der Waals surface area contributed by atoms with Crippen LogP contribution in [0.2, 0.25) is 0 Å². The average molecular weight is 222 g/mol. The van der Waals surface area contributed by atoms with Crippen LogP contribution < -0.4 is 5.73 Å². The number of carboxylic acids is 1. The van der Waals surface area contributed by atoms with Crippen molar-refractivity contribution in [2.45, 2.75) is 12.5 Å². The molecule has 1 atom stereocenters. The van der Waals surface area contributed by atoms with E-state index in [0.717, 1.165) is 15.8 Å². The van der Waals surface area contributed by atoms with Crippen LogP contribution in [0.4, 0.5) is 0 Å². The highest BCUT2D eigenvalue weighted by Crippen LogP contribution is 2.22. The average Bonchev–Trinajstić information content (AvgIpc) is 2.66. The van der Waals surface area contributed by atoms with E-state index in [4.69, 9.17) is 10.8 Å². The van der Waals surface area contributed by atoms with Crippen LogP contribution in [0.3, 0.4) is 0 Å². The zero-order chi connectivity index (χ0) is 10.8. The lowest BCUT2D eigenvalue weighted by molar-refractivity contribution is -0.138. The van der Waals surface area contributed by atoms with Gasteiger partial charge in [0.25, 0.3) is 0 Å². The van der Waals surface area contributed by atoms with Crippen LogP contribution in [0.1, 0.15) is 5.56 Å². The number of aromatic nitrogens is 1. The van der Waals surface area contributed by atoms with Crippen molar-refractivity contribution in [2.75, 3.05) is 0 Å². The second-order valence-corrected chi connectivity index (χ2v) is 4.12. The van der Waals surface area contributed by atoms with E-state index in [-0.39, 0.29) is 0 Å². The second-order valence-electron chi connectivity index (χ2n) is 3.27. The first-order chi connectivity index (χ1) is 7.18. The fourth-order valence-electron chi connectivity index (χ4n) is 1.43. The Hall–Kier alpha value is -1.46. The van der Waals surface area contributed by atoms with Gasteiger partial charge in [-0.25, -0.2) is 4.98 Å². The smallest absolute Gasteiger partial charge is 0.320 e. The Balaban J connectivity index is 2.35. The van der Waals surface area contributed by atoms with Crippen molar-refractivity contribution in [1.82, 2.24) is 4.98 Å². The van der Waals surface area contributed by atoms with E-state index in [1.807, 2.05) is 18.2 Å². The fourth-order valence-corrected chi connectivity index (χ4v) is 2.25. The maximum atomic E-state index is 10.6. The molecule has 3 N–H and O–H groups in total. The molecule has 0 aliphatic carbocycles. The fraction of sp³-hybridized carbons (Fsp3) is 0.200. The number of carboxylic acid groups (broad SMARTS) is 1. The summed E-state index contributed by atoms with van der Waals surface area (Å²) in [5, 5.41) is 8.73. The molecular weight excluding hydrogens is 212 g/mol. The van der Waals surface area contributed by atoms with Gasteiger partial charge in [-0.05, 0) is 18.1 Å². The summed E-state index contributed by atoms with van der Waals surface area (Å²) >= 11 is 1.51. The molecule has 15 heavy (non-hydrogen) atoms. The lowest BCUT2D eigenvalue weighted by Crippen LogP contribution is -2.32. The summed E-state index contributed by atoms with van der Waals surface area (Å²) in [7, 11) is 0. The van der Waals surface area contributed by atoms with Crippen LogP contribution in [0.25, 0.3) is 10.2 Å². The van der Waals surface area contributed by atoms with Gasteiger partial charge in [0, 0.05) is 0 Å². The molecule has 1 aromatic heterocycles. The van der Waals surface area contributed by atoms with Gasteiger partial charge in [0.2, 0.25) is 0 Å². The van der Waals surface area contributed by atoms with Gasteiger partial charge in [0.1, 0.15) is 6.04 Å². The minimum Gasteiger partial charge on any atom is -0.480 e. The van der Waals surface area contributed by atoms with Crippen molar-refractivity contribution in [3.05, 3.63) is 29.3 Å². The van der Waals surface area contributed by atoms with Gasteiger partial charge in [-0.15, -0.1) is 11.3 Å². The molecule has 1 aromatic carbocycles. The van der Waals surface area contributed by atoms with Gasteiger partial charge in [-0.2, -0.15) is 0 Å². The number of aliphatic carboxylic acids is 1.